The number of thiol groups is 2. The lowest BCUT2D eigenvalue weighted by atomic mass is 10.0. The Bertz CT molecular complexity index is 1200. The molecule has 0 unspecified atom stereocenters. The van der Waals surface area contributed by atoms with Gasteiger partial charge in [-0.1, -0.05) is 61.6 Å². The fourth-order valence-electron chi connectivity index (χ4n) is 3.21. The molecule has 4 nitrogen and oxygen atoms in total. The van der Waals surface area contributed by atoms with E-state index in [1.54, 1.807) is 34.9 Å². The first-order valence-electron chi connectivity index (χ1n) is 10.7. The van der Waals surface area contributed by atoms with Gasteiger partial charge in [-0.15, -0.1) is 36.6 Å². The summed E-state index contributed by atoms with van der Waals surface area (Å²) in [6.07, 6.45) is 0. The molecule has 3 aromatic rings. The maximum absolute atomic E-state index is 12.6. The van der Waals surface area contributed by atoms with Crippen LogP contribution < -0.4 is 10.6 Å². The molecule has 0 radical (unpaired) electrons. The Labute approximate surface area is 223 Å². The van der Waals surface area contributed by atoms with Crippen molar-refractivity contribution in [3.63, 3.8) is 0 Å². The summed E-state index contributed by atoms with van der Waals surface area (Å²) < 4.78 is 2.99. The Balaban J connectivity index is 1.34. The molecule has 0 aliphatic carbocycles. The fourth-order valence-corrected chi connectivity index (χ4v) is 7.52. The van der Waals surface area contributed by atoms with Crippen LogP contribution in [0.4, 0.5) is 0 Å². The number of amides is 2. The SMILES string of the molecule is CC(C)CNC(=O)c1ccc(-c2ccc(C(=O)NCc3cc4c(s3)SC(S)=C(S)S4)cc2)cc1. The second-order valence-electron chi connectivity index (χ2n) is 8.12. The van der Waals surface area contributed by atoms with Crippen molar-refractivity contribution in [1.29, 1.82) is 0 Å². The minimum absolute atomic E-state index is 0.0653. The third-order valence-corrected chi connectivity index (χ3v) is 10.1. The third kappa shape index (κ3) is 6.26. The van der Waals surface area contributed by atoms with Gasteiger partial charge in [0, 0.05) is 27.4 Å². The van der Waals surface area contributed by atoms with Crippen LogP contribution in [0.2, 0.25) is 0 Å². The van der Waals surface area contributed by atoms with Gasteiger partial charge in [0.2, 0.25) is 0 Å². The lowest BCUT2D eigenvalue weighted by Gasteiger charge is -2.10. The van der Waals surface area contributed by atoms with E-state index < -0.39 is 0 Å². The molecular formula is C25H24N2O2S5. The van der Waals surface area contributed by atoms with Crippen LogP contribution in [0, 0.1) is 5.92 Å². The van der Waals surface area contributed by atoms with E-state index in [4.69, 9.17) is 0 Å². The fraction of sp³-hybridized carbons (Fsp3) is 0.200. The van der Waals surface area contributed by atoms with Crippen LogP contribution in [-0.2, 0) is 6.54 Å². The third-order valence-electron chi connectivity index (χ3n) is 5.02. The van der Waals surface area contributed by atoms with E-state index in [0.29, 0.717) is 30.1 Å². The van der Waals surface area contributed by atoms with Crippen molar-refractivity contribution >= 4 is 71.9 Å². The van der Waals surface area contributed by atoms with Gasteiger partial charge in [0.25, 0.3) is 11.8 Å². The van der Waals surface area contributed by atoms with Crippen LogP contribution in [0.5, 0.6) is 0 Å². The van der Waals surface area contributed by atoms with Crippen LogP contribution in [-0.4, -0.2) is 18.4 Å². The number of rotatable bonds is 7. The summed E-state index contributed by atoms with van der Waals surface area (Å²) in [7, 11) is 0. The highest BCUT2D eigenvalue weighted by molar-refractivity contribution is 8.23. The lowest BCUT2D eigenvalue weighted by molar-refractivity contribution is 0.0942. The molecule has 176 valence electrons. The molecule has 1 aliphatic heterocycles. The molecule has 0 saturated heterocycles. The van der Waals surface area contributed by atoms with Crippen molar-refractivity contribution in [1.82, 2.24) is 10.6 Å². The van der Waals surface area contributed by atoms with Gasteiger partial charge in [0.1, 0.15) is 0 Å². The van der Waals surface area contributed by atoms with Crippen molar-refractivity contribution in [2.45, 2.75) is 29.5 Å². The maximum atomic E-state index is 12.6. The average Bonchev–Trinajstić information content (AvgIpc) is 3.22. The van der Waals surface area contributed by atoms with Gasteiger partial charge in [-0.05, 0) is 47.4 Å². The Morgan fingerprint density at radius 2 is 1.35 bits per heavy atom. The van der Waals surface area contributed by atoms with E-state index in [1.807, 2.05) is 48.5 Å². The van der Waals surface area contributed by atoms with Gasteiger partial charge in [-0.25, -0.2) is 0 Å². The molecule has 2 aromatic carbocycles. The molecule has 9 heteroatoms. The Kier molecular flexibility index (Phi) is 8.42. The van der Waals surface area contributed by atoms with Gasteiger partial charge in [0.15, 0.2) is 0 Å². The number of nitrogens with one attached hydrogen (secondary N) is 2. The van der Waals surface area contributed by atoms with Crippen molar-refractivity contribution < 1.29 is 9.59 Å². The number of benzene rings is 2. The van der Waals surface area contributed by atoms with Crippen LogP contribution >= 0.6 is 60.1 Å². The first kappa shape index (κ1) is 25.3. The quantitative estimate of drug-likeness (QED) is 0.244. The molecule has 2 amide bonds. The summed E-state index contributed by atoms with van der Waals surface area (Å²) in [5, 5.41) is 5.93. The van der Waals surface area contributed by atoms with Crippen molar-refractivity contribution in [3.05, 3.63) is 79.1 Å². The molecule has 2 N–H and O–H groups in total. The summed E-state index contributed by atoms with van der Waals surface area (Å²) in [5.41, 5.74) is 3.23. The maximum Gasteiger partial charge on any atom is 0.251 e. The summed E-state index contributed by atoms with van der Waals surface area (Å²) in [6, 6.07) is 17.1. The summed E-state index contributed by atoms with van der Waals surface area (Å²) in [5.74, 6) is 0.232. The van der Waals surface area contributed by atoms with Crippen molar-refractivity contribution in [2.75, 3.05) is 6.54 Å². The van der Waals surface area contributed by atoms with Gasteiger partial charge in [-0.3, -0.25) is 9.59 Å². The number of fused-ring (bicyclic) bond motifs is 1. The first-order valence-corrected chi connectivity index (χ1v) is 14.0. The first-order chi connectivity index (χ1) is 16.3. The lowest BCUT2D eigenvalue weighted by Crippen LogP contribution is -2.27. The van der Waals surface area contributed by atoms with Crippen molar-refractivity contribution in [3.8, 4) is 11.1 Å². The number of thioether (sulfide) groups is 2. The van der Waals surface area contributed by atoms with Crippen LogP contribution in [0.3, 0.4) is 0 Å². The number of thiophene rings is 1. The molecule has 0 saturated carbocycles. The second kappa shape index (κ2) is 11.3. The van der Waals surface area contributed by atoms with E-state index in [0.717, 1.165) is 29.4 Å². The molecule has 34 heavy (non-hydrogen) atoms. The largest absolute Gasteiger partial charge is 0.352 e. The van der Waals surface area contributed by atoms with E-state index in [2.05, 4.69) is 55.8 Å². The summed E-state index contributed by atoms with van der Waals surface area (Å²) >= 11 is 13.8. The van der Waals surface area contributed by atoms with Gasteiger partial charge in [-0.2, -0.15) is 0 Å². The Morgan fingerprint density at radius 3 is 1.91 bits per heavy atom. The zero-order chi connectivity index (χ0) is 24.2. The van der Waals surface area contributed by atoms with Crippen LogP contribution in [0.25, 0.3) is 11.1 Å². The molecule has 4 rings (SSSR count). The molecule has 1 aromatic heterocycles. The van der Waals surface area contributed by atoms with Crippen LogP contribution in [0.15, 0.2) is 72.2 Å². The molecule has 0 spiro atoms. The second-order valence-corrected chi connectivity index (χ2v) is 13.1. The number of hydrogen-bond donors (Lipinski definition) is 4. The predicted molar refractivity (Wildman–Crippen MR) is 151 cm³/mol. The normalized spacial score (nSPS) is 13.1. The molecule has 0 bridgehead atoms. The molecule has 0 fully saturated rings. The van der Waals surface area contributed by atoms with Crippen LogP contribution in [0.1, 0.15) is 39.4 Å². The predicted octanol–water partition coefficient (Wildman–Crippen LogP) is 6.91. The summed E-state index contributed by atoms with van der Waals surface area (Å²) in [6.45, 7) is 5.26. The average molecular weight is 545 g/mol. The van der Waals surface area contributed by atoms with E-state index in [-0.39, 0.29) is 11.8 Å². The van der Waals surface area contributed by atoms with Gasteiger partial charge in [0.05, 0.1) is 19.2 Å². The summed E-state index contributed by atoms with van der Waals surface area (Å²) in [4.78, 5) is 27.1. The topological polar surface area (TPSA) is 58.2 Å². The highest BCUT2D eigenvalue weighted by Gasteiger charge is 2.19. The minimum Gasteiger partial charge on any atom is -0.352 e. The zero-order valence-corrected chi connectivity index (χ0v) is 22.9. The van der Waals surface area contributed by atoms with Gasteiger partial charge >= 0.3 is 0 Å². The highest BCUT2D eigenvalue weighted by Crippen LogP contribution is 2.52. The Morgan fingerprint density at radius 1 is 0.824 bits per heavy atom. The van der Waals surface area contributed by atoms with E-state index in [1.165, 1.54) is 4.21 Å². The number of hydrogen-bond acceptors (Lipinski definition) is 7. The smallest absolute Gasteiger partial charge is 0.251 e. The monoisotopic (exact) mass is 544 g/mol. The number of carbonyl (C=O) groups is 2. The van der Waals surface area contributed by atoms with E-state index in [9.17, 15) is 9.59 Å². The molecule has 1 aliphatic rings. The molecule has 2 heterocycles. The number of carbonyl (C=O) groups excluding carboxylic acids is 2. The van der Waals surface area contributed by atoms with E-state index >= 15 is 0 Å². The van der Waals surface area contributed by atoms with Crippen molar-refractivity contribution in [2.24, 2.45) is 5.92 Å². The molecule has 0 atom stereocenters. The standard InChI is InChI=1S/C25H24N2O2S5/c1-14(2)12-26-21(28)17-7-3-15(4-8-17)16-5-9-18(10-6-16)22(29)27-13-19-11-20-25(32-19)34-24(31)23(30)33-20/h3-11,14,30-31H,12-13H2,1-2H3,(H,26,28)(H,27,29). The Hall–Kier alpha value is -1.78. The van der Waals surface area contributed by atoms with Gasteiger partial charge < -0.3 is 10.6 Å². The highest BCUT2D eigenvalue weighted by atomic mass is 32.2. The zero-order valence-electron chi connectivity index (χ0n) is 18.6. The minimum atomic E-state index is -0.113. The molecular weight excluding hydrogens is 521 g/mol.